The minimum absolute atomic E-state index is 0.128. The van der Waals surface area contributed by atoms with Crippen molar-refractivity contribution in [2.75, 3.05) is 0 Å². The number of halogens is 3. The number of rotatable bonds is 4. The van der Waals surface area contributed by atoms with Crippen LogP contribution >= 0.6 is 0 Å². The highest BCUT2D eigenvalue weighted by molar-refractivity contribution is 6.00. The van der Waals surface area contributed by atoms with Gasteiger partial charge in [0.1, 0.15) is 0 Å². The van der Waals surface area contributed by atoms with Gasteiger partial charge in [-0.3, -0.25) is 4.79 Å². The first kappa shape index (κ1) is 18.3. The Bertz CT molecular complexity index is 1060. The number of aromatic nitrogens is 1. The summed E-state index contributed by atoms with van der Waals surface area (Å²) in [5, 5.41) is 4.76. The van der Waals surface area contributed by atoms with Crippen molar-refractivity contribution in [3.8, 4) is 12.3 Å². The summed E-state index contributed by atoms with van der Waals surface area (Å²) in [7, 11) is 0. The van der Waals surface area contributed by atoms with Crippen LogP contribution in [-0.2, 0) is 12.7 Å². The monoisotopic (exact) mass is 369 g/mol. The molecule has 4 nitrogen and oxygen atoms in total. The molecule has 0 aliphatic rings. The van der Waals surface area contributed by atoms with Gasteiger partial charge in [0.15, 0.2) is 0 Å². The molecule has 0 bridgehead atoms. The summed E-state index contributed by atoms with van der Waals surface area (Å²) in [6.07, 6.45) is 4.08. The van der Waals surface area contributed by atoms with Gasteiger partial charge in [-0.2, -0.15) is 18.3 Å². The van der Waals surface area contributed by atoms with Crippen molar-refractivity contribution in [2.45, 2.75) is 12.7 Å². The van der Waals surface area contributed by atoms with E-state index in [4.69, 9.17) is 6.42 Å². The van der Waals surface area contributed by atoms with Gasteiger partial charge >= 0.3 is 6.18 Å². The maximum Gasteiger partial charge on any atom is 0.416 e. The van der Waals surface area contributed by atoms with E-state index in [9.17, 15) is 18.0 Å². The van der Waals surface area contributed by atoms with Crippen molar-refractivity contribution >= 4 is 23.0 Å². The van der Waals surface area contributed by atoms with E-state index < -0.39 is 17.6 Å². The zero-order valence-corrected chi connectivity index (χ0v) is 14.0. The molecule has 0 saturated carbocycles. The summed E-state index contributed by atoms with van der Waals surface area (Å²) >= 11 is 0. The number of terminal acetylenes is 1. The van der Waals surface area contributed by atoms with Crippen LogP contribution in [0.2, 0.25) is 0 Å². The molecule has 0 unspecified atom stereocenters. The highest BCUT2D eigenvalue weighted by atomic mass is 19.4. The zero-order valence-electron chi connectivity index (χ0n) is 14.0. The second-order valence-corrected chi connectivity index (χ2v) is 5.71. The Morgan fingerprint density at radius 1 is 1.22 bits per heavy atom. The van der Waals surface area contributed by atoms with Gasteiger partial charge in [0.2, 0.25) is 0 Å². The van der Waals surface area contributed by atoms with E-state index >= 15 is 0 Å². The number of nitrogens with one attached hydrogen (secondary N) is 1. The van der Waals surface area contributed by atoms with Gasteiger partial charge in [-0.15, -0.1) is 6.42 Å². The quantitative estimate of drug-likeness (QED) is 0.421. The number of para-hydroxylation sites is 1. The molecule has 2 aromatic carbocycles. The summed E-state index contributed by atoms with van der Waals surface area (Å²) in [6, 6.07) is 11.7. The Labute approximate surface area is 153 Å². The SMILES string of the molecule is C#CCn1cc(/C=N/NC(=O)c2cccc(C(F)(F)F)c2)c2ccccc21. The molecular formula is C20H14F3N3O. The first-order valence-corrected chi connectivity index (χ1v) is 7.92. The zero-order chi connectivity index (χ0) is 19.4. The molecule has 1 aromatic heterocycles. The molecular weight excluding hydrogens is 355 g/mol. The van der Waals surface area contributed by atoms with E-state index in [0.717, 1.165) is 28.6 Å². The Kier molecular flexibility index (Phi) is 4.99. The number of hydrogen-bond donors (Lipinski definition) is 1. The molecule has 0 spiro atoms. The van der Waals surface area contributed by atoms with Crippen LogP contribution in [0.25, 0.3) is 10.9 Å². The van der Waals surface area contributed by atoms with Gasteiger partial charge in [-0.05, 0) is 24.3 Å². The lowest BCUT2D eigenvalue weighted by atomic mass is 10.1. The molecule has 0 radical (unpaired) electrons. The van der Waals surface area contributed by atoms with E-state index in [1.807, 2.05) is 28.8 Å². The molecule has 1 N–H and O–H groups in total. The number of hydrazone groups is 1. The molecule has 0 fully saturated rings. The second kappa shape index (κ2) is 7.38. The highest BCUT2D eigenvalue weighted by Crippen LogP contribution is 2.29. The summed E-state index contributed by atoms with van der Waals surface area (Å²) in [5.74, 6) is 1.83. The molecule has 0 saturated heterocycles. The normalized spacial score (nSPS) is 11.6. The number of alkyl halides is 3. The van der Waals surface area contributed by atoms with Gasteiger partial charge in [0, 0.05) is 28.2 Å². The van der Waals surface area contributed by atoms with Crippen molar-refractivity contribution in [2.24, 2.45) is 5.10 Å². The standard InChI is InChI=1S/C20H14F3N3O/c1-2-10-26-13-15(17-8-3-4-9-18(17)26)12-24-25-19(27)14-6-5-7-16(11-14)20(21,22)23/h1,3-9,11-13H,10H2,(H,25,27)/b24-12+. The highest BCUT2D eigenvalue weighted by Gasteiger charge is 2.30. The summed E-state index contributed by atoms with van der Waals surface area (Å²) in [6.45, 7) is 0.380. The molecule has 0 atom stereocenters. The van der Waals surface area contributed by atoms with Crippen LogP contribution < -0.4 is 5.43 Å². The fourth-order valence-electron chi connectivity index (χ4n) is 2.67. The van der Waals surface area contributed by atoms with Gasteiger partial charge < -0.3 is 4.57 Å². The first-order chi connectivity index (χ1) is 12.9. The van der Waals surface area contributed by atoms with E-state index in [0.29, 0.717) is 6.54 Å². The number of carbonyl (C=O) groups is 1. The average Bonchev–Trinajstić information content (AvgIpc) is 2.99. The molecule has 7 heteroatoms. The third-order valence-electron chi connectivity index (χ3n) is 3.90. The largest absolute Gasteiger partial charge is 0.416 e. The third kappa shape index (κ3) is 4.01. The fraction of sp³-hybridized carbons (Fsp3) is 0.100. The Morgan fingerprint density at radius 2 is 2.00 bits per heavy atom. The van der Waals surface area contributed by atoms with Crippen LogP contribution in [0.1, 0.15) is 21.5 Å². The van der Waals surface area contributed by atoms with Crippen molar-refractivity contribution in [3.05, 3.63) is 71.4 Å². The maximum atomic E-state index is 12.7. The van der Waals surface area contributed by atoms with Crippen LogP contribution in [0.4, 0.5) is 13.2 Å². The van der Waals surface area contributed by atoms with Crippen molar-refractivity contribution in [1.29, 1.82) is 0 Å². The molecule has 27 heavy (non-hydrogen) atoms. The summed E-state index contributed by atoms with van der Waals surface area (Å²) in [4.78, 5) is 12.1. The molecule has 3 aromatic rings. The van der Waals surface area contributed by atoms with Crippen LogP contribution in [0.5, 0.6) is 0 Å². The summed E-state index contributed by atoms with van der Waals surface area (Å²) in [5.41, 5.74) is 2.87. The fourth-order valence-corrected chi connectivity index (χ4v) is 2.67. The molecule has 136 valence electrons. The molecule has 1 heterocycles. The molecule has 3 rings (SSSR count). The van der Waals surface area contributed by atoms with Crippen LogP contribution in [0.15, 0.2) is 59.8 Å². The topological polar surface area (TPSA) is 46.4 Å². The van der Waals surface area contributed by atoms with Crippen LogP contribution in [0, 0.1) is 12.3 Å². The number of hydrogen-bond acceptors (Lipinski definition) is 2. The lowest BCUT2D eigenvalue weighted by Gasteiger charge is -2.07. The number of amides is 1. The third-order valence-corrected chi connectivity index (χ3v) is 3.90. The lowest BCUT2D eigenvalue weighted by Crippen LogP contribution is -2.18. The summed E-state index contributed by atoms with van der Waals surface area (Å²) < 4.78 is 40.1. The number of nitrogens with zero attached hydrogens (tertiary/aromatic N) is 2. The number of benzene rings is 2. The molecule has 1 amide bonds. The van der Waals surface area contributed by atoms with E-state index in [-0.39, 0.29) is 5.56 Å². The minimum Gasteiger partial charge on any atom is -0.335 e. The van der Waals surface area contributed by atoms with E-state index in [1.165, 1.54) is 18.3 Å². The van der Waals surface area contributed by atoms with Crippen LogP contribution in [-0.4, -0.2) is 16.7 Å². The van der Waals surface area contributed by atoms with Gasteiger partial charge in [-0.1, -0.05) is 30.2 Å². The van der Waals surface area contributed by atoms with E-state index in [2.05, 4.69) is 16.4 Å². The van der Waals surface area contributed by atoms with Crippen molar-refractivity contribution < 1.29 is 18.0 Å². The van der Waals surface area contributed by atoms with Crippen molar-refractivity contribution in [3.63, 3.8) is 0 Å². The van der Waals surface area contributed by atoms with Gasteiger partial charge in [-0.25, -0.2) is 5.43 Å². The van der Waals surface area contributed by atoms with Gasteiger partial charge in [0.05, 0.1) is 18.3 Å². The Morgan fingerprint density at radius 3 is 2.74 bits per heavy atom. The minimum atomic E-state index is -4.52. The molecule has 0 aliphatic heterocycles. The van der Waals surface area contributed by atoms with Gasteiger partial charge in [0.25, 0.3) is 5.91 Å². The maximum absolute atomic E-state index is 12.7. The number of carbonyl (C=O) groups excluding carboxylic acids is 1. The smallest absolute Gasteiger partial charge is 0.335 e. The predicted molar refractivity (Wildman–Crippen MR) is 97.3 cm³/mol. The molecule has 0 aliphatic carbocycles. The van der Waals surface area contributed by atoms with E-state index in [1.54, 1.807) is 6.20 Å². The predicted octanol–water partition coefficient (Wildman–Crippen LogP) is 4.06. The Balaban J connectivity index is 1.79. The first-order valence-electron chi connectivity index (χ1n) is 7.92. The van der Waals surface area contributed by atoms with Crippen LogP contribution in [0.3, 0.4) is 0 Å². The van der Waals surface area contributed by atoms with Crippen molar-refractivity contribution in [1.82, 2.24) is 9.99 Å². The second-order valence-electron chi connectivity index (χ2n) is 5.71. The lowest BCUT2D eigenvalue weighted by molar-refractivity contribution is -0.137. The number of fused-ring (bicyclic) bond motifs is 1. The average molecular weight is 369 g/mol. The Hall–Kier alpha value is -3.53.